The summed E-state index contributed by atoms with van der Waals surface area (Å²) in [5.41, 5.74) is 0.549. The zero-order chi connectivity index (χ0) is 22.2. The van der Waals surface area contributed by atoms with Gasteiger partial charge in [0, 0.05) is 27.5 Å². The standard InChI is InChI=1S/C19H14Cl3N3O4S/c1-10(26)12-3-4-16(22)18(5-12)30(28,29)24-19(27)17-9-25(11(2)23-17)15-7-13(20)6-14(21)8-15/h3-9H,1-2H3,(H,24,27). The maximum absolute atomic E-state index is 12.7. The summed E-state index contributed by atoms with van der Waals surface area (Å²) in [4.78, 5) is 27.8. The number of rotatable bonds is 5. The van der Waals surface area contributed by atoms with Crippen molar-refractivity contribution >= 4 is 56.5 Å². The van der Waals surface area contributed by atoms with Crippen LogP contribution in [0.3, 0.4) is 0 Å². The molecule has 11 heteroatoms. The molecule has 1 amide bonds. The van der Waals surface area contributed by atoms with Crippen molar-refractivity contribution in [1.82, 2.24) is 14.3 Å². The van der Waals surface area contributed by atoms with Gasteiger partial charge in [-0.1, -0.05) is 34.8 Å². The lowest BCUT2D eigenvalue weighted by molar-refractivity contribution is 0.0975. The van der Waals surface area contributed by atoms with Gasteiger partial charge in [0.25, 0.3) is 15.9 Å². The number of sulfonamides is 1. The fourth-order valence-electron chi connectivity index (χ4n) is 2.68. The number of Topliss-reactive ketones (excluding diaryl/α,β-unsaturated/α-hetero) is 1. The molecule has 1 heterocycles. The Morgan fingerprint density at radius 1 is 1.03 bits per heavy atom. The van der Waals surface area contributed by atoms with E-state index in [9.17, 15) is 18.0 Å². The molecule has 0 unspecified atom stereocenters. The second-order valence-corrected chi connectivity index (χ2v) is 9.24. The molecule has 0 fully saturated rings. The van der Waals surface area contributed by atoms with E-state index in [2.05, 4.69) is 4.98 Å². The summed E-state index contributed by atoms with van der Waals surface area (Å²) < 4.78 is 28.8. The summed E-state index contributed by atoms with van der Waals surface area (Å²) in [6, 6.07) is 8.57. The van der Waals surface area contributed by atoms with Gasteiger partial charge in [-0.2, -0.15) is 0 Å². The Morgan fingerprint density at radius 2 is 1.67 bits per heavy atom. The lowest BCUT2D eigenvalue weighted by Crippen LogP contribution is -2.31. The third-order valence-electron chi connectivity index (χ3n) is 4.09. The number of nitrogens with one attached hydrogen (secondary N) is 1. The number of halogens is 3. The first-order chi connectivity index (χ1) is 14.0. The van der Waals surface area contributed by atoms with Crippen LogP contribution in [0.2, 0.25) is 15.1 Å². The molecule has 0 saturated carbocycles. The zero-order valence-corrected chi connectivity index (χ0v) is 18.7. The van der Waals surface area contributed by atoms with Crippen molar-refractivity contribution in [2.45, 2.75) is 18.7 Å². The SMILES string of the molecule is CC(=O)c1ccc(Cl)c(S(=O)(=O)NC(=O)c2cn(-c3cc(Cl)cc(Cl)c3)c(C)n2)c1. The van der Waals surface area contributed by atoms with Crippen LogP contribution in [0.5, 0.6) is 0 Å². The van der Waals surface area contributed by atoms with E-state index in [1.807, 2.05) is 4.72 Å². The Morgan fingerprint density at radius 3 is 2.27 bits per heavy atom. The molecule has 30 heavy (non-hydrogen) atoms. The smallest absolute Gasteiger partial charge is 0.285 e. The Bertz CT molecular complexity index is 1270. The van der Waals surface area contributed by atoms with Crippen LogP contribution in [-0.4, -0.2) is 29.7 Å². The number of ketones is 1. The van der Waals surface area contributed by atoms with Crippen LogP contribution in [0.1, 0.15) is 33.6 Å². The molecular formula is C19H14Cl3N3O4S. The number of imidazole rings is 1. The normalized spacial score (nSPS) is 11.4. The number of hydrogen-bond donors (Lipinski definition) is 1. The predicted molar refractivity (Wildman–Crippen MR) is 114 cm³/mol. The van der Waals surface area contributed by atoms with Crippen LogP contribution in [-0.2, 0) is 10.0 Å². The minimum Gasteiger partial charge on any atom is -0.303 e. The molecule has 2 aromatic carbocycles. The van der Waals surface area contributed by atoms with E-state index in [1.54, 1.807) is 29.7 Å². The highest BCUT2D eigenvalue weighted by Gasteiger charge is 2.24. The quantitative estimate of drug-likeness (QED) is 0.537. The number of carbonyl (C=O) groups excluding carboxylic acids is 2. The molecule has 0 radical (unpaired) electrons. The highest BCUT2D eigenvalue weighted by Crippen LogP contribution is 2.25. The third-order valence-corrected chi connectivity index (χ3v) is 6.34. The van der Waals surface area contributed by atoms with Gasteiger partial charge in [0.15, 0.2) is 5.78 Å². The van der Waals surface area contributed by atoms with Crippen molar-refractivity contribution in [3.8, 4) is 5.69 Å². The lowest BCUT2D eigenvalue weighted by atomic mass is 10.1. The summed E-state index contributed by atoms with van der Waals surface area (Å²) >= 11 is 18.0. The number of aryl methyl sites for hydroxylation is 1. The van der Waals surface area contributed by atoms with Gasteiger partial charge in [-0.25, -0.2) is 18.1 Å². The first-order valence-corrected chi connectivity index (χ1v) is 11.0. The third kappa shape index (κ3) is 4.67. The molecule has 0 saturated heterocycles. The number of amides is 1. The molecule has 0 spiro atoms. The van der Waals surface area contributed by atoms with E-state index < -0.39 is 15.9 Å². The lowest BCUT2D eigenvalue weighted by Gasteiger charge is -2.08. The molecule has 0 aliphatic carbocycles. The Hall–Kier alpha value is -2.39. The van der Waals surface area contributed by atoms with Gasteiger partial charge in [0.05, 0.1) is 5.02 Å². The van der Waals surface area contributed by atoms with E-state index in [0.717, 1.165) is 6.07 Å². The van der Waals surface area contributed by atoms with Gasteiger partial charge in [-0.05, 0) is 50.2 Å². The maximum Gasteiger partial charge on any atom is 0.285 e. The second kappa shape index (κ2) is 8.39. The molecule has 1 aromatic heterocycles. The molecular weight excluding hydrogens is 473 g/mol. The van der Waals surface area contributed by atoms with Crippen LogP contribution in [0.25, 0.3) is 5.69 Å². The van der Waals surface area contributed by atoms with Gasteiger partial charge < -0.3 is 4.57 Å². The molecule has 0 bridgehead atoms. The van der Waals surface area contributed by atoms with Gasteiger partial charge in [-0.3, -0.25) is 9.59 Å². The Balaban J connectivity index is 1.93. The van der Waals surface area contributed by atoms with Crippen molar-refractivity contribution in [2.24, 2.45) is 0 Å². The first kappa shape index (κ1) is 22.3. The van der Waals surface area contributed by atoms with Crippen molar-refractivity contribution in [1.29, 1.82) is 0 Å². The molecule has 156 valence electrons. The molecule has 0 aliphatic rings. The zero-order valence-electron chi connectivity index (χ0n) is 15.6. The highest BCUT2D eigenvalue weighted by atomic mass is 35.5. The number of benzene rings is 2. The molecule has 3 aromatic rings. The van der Waals surface area contributed by atoms with Crippen LogP contribution >= 0.6 is 34.8 Å². The fraction of sp³-hybridized carbons (Fsp3) is 0.105. The predicted octanol–water partition coefficient (Wildman–Crippen LogP) is 4.46. The van der Waals surface area contributed by atoms with Gasteiger partial charge in [0.1, 0.15) is 16.4 Å². The summed E-state index contributed by atoms with van der Waals surface area (Å²) in [7, 11) is -4.35. The van der Waals surface area contributed by atoms with Gasteiger partial charge in [-0.15, -0.1) is 0 Å². The van der Waals surface area contributed by atoms with Gasteiger partial charge >= 0.3 is 0 Å². The minimum absolute atomic E-state index is 0.129. The molecule has 7 nitrogen and oxygen atoms in total. The van der Waals surface area contributed by atoms with Crippen LogP contribution in [0.4, 0.5) is 0 Å². The minimum atomic E-state index is -4.35. The fourth-order valence-corrected chi connectivity index (χ4v) is 4.68. The molecule has 3 rings (SSSR count). The van der Waals surface area contributed by atoms with Crippen LogP contribution in [0.15, 0.2) is 47.5 Å². The molecule has 0 atom stereocenters. The van der Waals surface area contributed by atoms with Gasteiger partial charge in [0.2, 0.25) is 0 Å². The van der Waals surface area contributed by atoms with Crippen LogP contribution < -0.4 is 4.72 Å². The number of nitrogens with zero attached hydrogens (tertiary/aromatic N) is 2. The average molecular weight is 487 g/mol. The van der Waals surface area contributed by atoms with E-state index >= 15 is 0 Å². The average Bonchev–Trinajstić information content (AvgIpc) is 3.02. The summed E-state index contributed by atoms with van der Waals surface area (Å²) in [5, 5.41) is 0.647. The molecule has 1 N–H and O–H groups in total. The van der Waals surface area contributed by atoms with Crippen molar-refractivity contribution in [3.63, 3.8) is 0 Å². The number of carbonyl (C=O) groups is 2. The Kier molecular flexibility index (Phi) is 6.24. The number of hydrogen-bond acceptors (Lipinski definition) is 5. The van der Waals surface area contributed by atoms with Crippen molar-refractivity contribution < 1.29 is 18.0 Å². The van der Waals surface area contributed by atoms with E-state index in [1.165, 1.54) is 25.3 Å². The Labute approximate surface area is 187 Å². The topological polar surface area (TPSA) is 98.1 Å². The van der Waals surface area contributed by atoms with E-state index in [0.29, 0.717) is 21.6 Å². The first-order valence-electron chi connectivity index (χ1n) is 8.38. The summed E-state index contributed by atoms with van der Waals surface area (Å²) in [5.74, 6) is -0.897. The summed E-state index contributed by atoms with van der Waals surface area (Å²) in [6.07, 6.45) is 1.36. The molecule has 0 aliphatic heterocycles. The maximum atomic E-state index is 12.7. The largest absolute Gasteiger partial charge is 0.303 e. The number of aromatic nitrogens is 2. The van der Waals surface area contributed by atoms with E-state index in [4.69, 9.17) is 34.8 Å². The second-order valence-electron chi connectivity index (χ2n) is 6.31. The highest BCUT2D eigenvalue weighted by molar-refractivity contribution is 7.90. The van der Waals surface area contributed by atoms with E-state index in [-0.39, 0.29) is 27.0 Å². The van der Waals surface area contributed by atoms with Crippen LogP contribution in [0, 0.1) is 6.92 Å². The van der Waals surface area contributed by atoms with Crippen molar-refractivity contribution in [2.75, 3.05) is 0 Å². The monoisotopic (exact) mass is 485 g/mol. The summed E-state index contributed by atoms with van der Waals surface area (Å²) in [6.45, 7) is 2.92. The van der Waals surface area contributed by atoms with Crippen molar-refractivity contribution in [3.05, 3.63) is 74.7 Å².